The fraction of sp³-hybridized carbons (Fsp3) is 0.708. The minimum absolute atomic E-state index is 0.0951. The maximum absolute atomic E-state index is 10.2. The molecule has 26 heavy (non-hydrogen) atoms. The molecule has 5 rings (SSSR count). The zero-order valence-electron chi connectivity index (χ0n) is 16.3. The van der Waals surface area contributed by atoms with Gasteiger partial charge in [0.2, 0.25) is 0 Å². The van der Waals surface area contributed by atoms with Crippen molar-refractivity contribution in [2.45, 2.75) is 77.2 Å². The molecule has 3 fully saturated rings. The molecule has 0 aliphatic heterocycles. The van der Waals surface area contributed by atoms with Gasteiger partial charge in [0.1, 0.15) is 0 Å². The molecular weight excluding hydrogens is 318 g/mol. The van der Waals surface area contributed by atoms with Gasteiger partial charge < -0.3 is 5.11 Å². The van der Waals surface area contributed by atoms with E-state index in [0.717, 1.165) is 30.6 Å². The molecule has 0 saturated heterocycles. The predicted octanol–water partition coefficient (Wildman–Crippen LogP) is 5.49. The van der Waals surface area contributed by atoms with Gasteiger partial charge in [-0.25, -0.2) is 0 Å². The van der Waals surface area contributed by atoms with Crippen molar-refractivity contribution < 1.29 is 5.11 Å². The van der Waals surface area contributed by atoms with Gasteiger partial charge in [-0.15, -0.1) is 0 Å². The third kappa shape index (κ3) is 2.30. The van der Waals surface area contributed by atoms with E-state index in [-0.39, 0.29) is 6.10 Å². The molecule has 2 nitrogen and oxygen atoms in total. The van der Waals surface area contributed by atoms with E-state index in [2.05, 4.69) is 37.0 Å². The van der Waals surface area contributed by atoms with Crippen LogP contribution in [0.4, 0.5) is 0 Å². The Kier molecular flexibility index (Phi) is 3.87. The van der Waals surface area contributed by atoms with Crippen molar-refractivity contribution in [3.05, 3.63) is 41.7 Å². The first-order valence-corrected chi connectivity index (χ1v) is 10.8. The lowest BCUT2D eigenvalue weighted by molar-refractivity contribution is -0.0409. The van der Waals surface area contributed by atoms with E-state index in [1.807, 2.05) is 12.4 Å². The highest BCUT2D eigenvalue weighted by molar-refractivity contribution is 5.28. The van der Waals surface area contributed by atoms with Crippen LogP contribution in [-0.2, 0) is 0 Å². The average molecular weight is 352 g/mol. The summed E-state index contributed by atoms with van der Waals surface area (Å²) in [5.74, 6) is 3.26. The lowest BCUT2D eigenvalue weighted by Gasteiger charge is -2.58. The summed E-state index contributed by atoms with van der Waals surface area (Å²) < 4.78 is 0. The Morgan fingerprint density at radius 2 is 1.81 bits per heavy atom. The molecule has 7 atom stereocenters. The van der Waals surface area contributed by atoms with Crippen LogP contribution in [0.2, 0.25) is 0 Å². The minimum atomic E-state index is -0.0951. The molecule has 0 amide bonds. The van der Waals surface area contributed by atoms with E-state index in [9.17, 15) is 5.11 Å². The van der Waals surface area contributed by atoms with Crippen molar-refractivity contribution >= 4 is 0 Å². The molecule has 1 heterocycles. The topological polar surface area (TPSA) is 33.1 Å². The van der Waals surface area contributed by atoms with Gasteiger partial charge in [-0.05, 0) is 104 Å². The van der Waals surface area contributed by atoms with Crippen molar-refractivity contribution in [1.82, 2.24) is 4.98 Å². The molecule has 3 unspecified atom stereocenters. The summed E-state index contributed by atoms with van der Waals surface area (Å²) >= 11 is 0. The predicted molar refractivity (Wildman–Crippen MR) is 105 cm³/mol. The second-order valence-corrected chi connectivity index (χ2v) is 10.1. The van der Waals surface area contributed by atoms with Gasteiger partial charge in [0, 0.05) is 12.4 Å². The number of fused-ring (bicyclic) bond motifs is 5. The lowest BCUT2D eigenvalue weighted by atomic mass is 9.47. The summed E-state index contributed by atoms with van der Waals surface area (Å²) in [6.07, 6.45) is 16.3. The molecule has 4 aliphatic rings. The highest BCUT2D eigenvalue weighted by atomic mass is 16.3. The van der Waals surface area contributed by atoms with Crippen LogP contribution in [0.3, 0.4) is 0 Å². The Bertz CT molecular complexity index is 712. The Hall–Kier alpha value is -1.15. The zero-order valence-corrected chi connectivity index (χ0v) is 16.3. The number of hydrogen-bond acceptors (Lipinski definition) is 2. The summed E-state index contributed by atoms with van der Waals surface area (Å²) in [4.78, 5) is 4.24. The van der Waals surface area contributed by atoms with E-state index in [1.165, 1.54) is 44.1 Å². The molecule has 4 aliphatic carbocycles. The average Bonchev–Trinajstić information content (AvgIpc) is 3.00. The molecule has 3 saturated carbocycles. The number of pyridine rings is 1. The number of aliphatic hydroxyl groups excluding tert-OH is 1. The van der Waals surface area contributed by atoms with Gasteiger partial charge in [0.05, 0.1) is 6.10 Å². The van der Waals surface area contributed by atoms with Crippen molar-refractivity contribution in [3.63, 3.8) is 0 Å². The summed E-state index contributed by atoms with van der Waals surface area (Å²) in [7, 11) is 0. The van der Waals surface area contributed by atoms with E-state index < -0.39 is 0 Å². The molecule has 1 aromatic heterocycles. The third-order valence-corrected chi connectivity index (χ3v) is 9.19. The molecule has 140 valence electrons. The van der Waals surface area contributed by atoms with Crippen LogP contribution in [0.15, 0.2) is 36.2 Å². The Balaban J connectivity index is 1.47. The molecule has 1 N–H and O–H groups in total. The summed E-state index contributed by atoms with van der Waals surface area (Å²) in [5, 5.41) is 10.2. The van der Waals surface area contributed by atoms with E-state index in [1.54, 1.807) is 5.57 Å². The van der Waals surface area contributed by atoms with Gasteiger partial charge in [-0.1, -0.05) is 25.5 Å². The Labute approximate surface area is 158 Å². The lowest BCUT2D eigenvalue weighted by Crippen LogP contribution is -2.50. The Morgan fingerprint density at radius 3 is 2.62 bits per heavy atom. The summed E-state index contributed by atoms with van der Waals surface area (Å²) in [5.41, 5.74) is 3.92. The van der Waals surface area contributed by atoms with Crippen molar-refractivity contribution in [2.24, 2.45) is 28.6 Å². The normalized spacial score (nSPS) is 47.5. The van der Waals surface area contributed by atoms with Gasteiger partial charge in [-0.2, -0.15) is 0 Å². The SMILES string of the molecule is C[C@]12CC[C@H](O)CC1=CCC1C2CC[C@@]2(C)C1CC[C@@H]2c1ccncc1. The largest absolute Gasteiger partial charge is 0.393 e. The molecular formula is C24H33NO. The van der Waals surface area contributed by atoms with Crippen molar-refractivity contribution in [3.8, 4) is 0 Å². The van der Waals surface area contributed by atoms with E-state index in [0.29, 0.717) is 16.7 Å². The van der Waals surface area contributed by atoms with Gasteiger partial charge in [0.25, 0.3) is 0 Å². The fourth-order valence-corrected chi connectivity index (χ4v) is 7.79. The van der Waals surface area contributed by atoms with Crippen LogP contribution in [-0.4, -0.2) is 16.2 Å². The first kappa shape index (κ1) is 17.0. The van der Waals surface area contributed by atoms with Crippen molar-refractivity contribution in [1.29, 1.82) is 0 Å². The zero-order chi connectivity index (χ0) is 17.9. The number of allylic oxidation sites excluding steroid dienone is 1. The van der Waals surface area contributed by atoms with Gasteiger partial charge >= 0.3 is 0 Å². The van der Waals surface area contributed by atoms with Gasteiger partial charge in [0.15, 0.2) is 0 Å². The fourth-order valence-electron chi connectivity index (χ4n) is 7.79. The van der Waals surface area contributed by atoms with Crippen LogP contribution in [0.25, 0.3) is 0 Å². The van der Waals surface area contributed by atoms with Crippen LogP contribution < -0.4 is 0 Å². The quantitative estimate of drug-likeness (QED) is 0.679. The maximum Gasteiger partial charge on any atom is 0.0577 e. The molecule has 0 bridgehead atoms. The van der Waals surface area contributed by atoms with E-state index >= 15 is 0 Å². The number of aliphatic hydroxyl groups is 1. The summed E-state index contributed by atoms with van der Waals surface area (Å²) in [6.45, 7) is 5.12. The van der Waals surface area contributed by atoms with E-state index in [4.69, 9.17) is 0 Å². The van der Waals surface area contributed by atoms with Crippen LogP contribution in [0.1, 0.15) is 76.7 Å². The smallest absolute Gasteiger partial charge is 0.0577 e. The number of hydrogen-bond donors (Lipinski definition) is 1. The monoisotopic (exact) mass is 351 g/mol. The number of rotatable bonds is 1. The molecule has 1 aromatic rings. The first-order chi connectivity index (χ1) is 12.5. The number of nitrogens with zero attached hydrogens (tertiary/aromatic N) is 1. The maximum atomic E-state index is 10.2. The third-order valence-electron chi connectivity index (χ3n) is 9.19. The molecule has 0 aromatic carbocycles. The molecule has 2 heteroatoms. The highest BCUT2D eigenvalue weighted by Gasteiger charge is 2.58. The Morgan fingerprint density at radius 1 is 1.00 bits per heavy atom. The molecule has 0 radical (unpaired) electrons. The minimum Gasteiger partial charge on any atom is -0.393 e. The van der Waals surface area contributed by atoms with Crippen LogP contribution in [0.5, 0.6) is 0 Å². The molecule has 0 spiro atoms. The van der Waals surface area contributed by atoms with Gasteiger partial charge in [-0.3, -0.25) is 4.98 Å². The standard InChI is InChI=1S/C24H33NO/c1-23-11-7-18(26)15-17(23)3-4-19-21-6-5-20(16-9-13-25-14-10-16)24(21,2)12-8-22(19)23/h3,9-10,13-14,18-22,26H,4-8,11-12,15H2,1-2H3/t18-,19?,20+,21?,22?,23-,24+/m0/s1. The second kappa shape index (κ2) is 5.92. The van der Waals surface area contributed by atoms with Crippen molar-refractivity contribution in [2.75, 3.05) is 0 Å². The van der Waals surface area contributed by atoms with Crippen LogP contribution in [0, 0.1) is 28.6 Å². The second-order valence-electron chi connectivity index (χ2n) is 10.1. The van der Waals surface area contributed by atoms with Crippen LogP contribution >= 0.6 is 0 Å². The first-order valence-electron chi connectivity index (χ1n) is 10.8. The number of aromatic nitrogens is 1. The summed E-state index contributed by atoms with van der Waals surface area (Å²) in [6, 6.07) is 4.51. The highest BCUT2D eigenvalue weighted by Crippen LogP contribution is 2.67.